The van der Waals surface area contributed by atoms with E-state index in [0.29, 0.717) is 31.5 Å². The quantitative estimate of drug-likeness (QED) is 0.590. The number of hydrogen-bond acceptors (Lipinski definition) is 4. The molecule has 2 heterocycles. The molecule has 3 rings (SSSR count). The van der Waals surface area contributed by atoms with Crippen molar-refractivity contribution in [2.24, 2.45) is 0 Å². The Hall–Kier alpha value is -3.35. The molecule has 7 nitrogen and oxygen atoms in total. The largest absolute Gasteiger partial charge is 0.369 e. The van der Waals surface area contributed by atoms with Crippen LogP contribution in [0.1, 0.15) is 42.2 Å². The number of likely N-dealkylation sites (N-methyl/N-ethyl adjacent to an activating group) is 1. The van der Waals surface area contributed by atoms with Crippen molar-refractivity contribution in [1.82, 2.24) is 25.3 Å². The Labute approximate surface area is 189 Å². The van der Waals surface area contributed by atoms with Crippen molar-refractivity contribution in [3.05, 3.63) is 66.0 Å². The highest BCUT2D eigenvalue weighted by Gasteiger charge is 2.27. The van der Waals surface area contributed by atoms with Crippen molar-refractivity contribution in [3.63, 3.8) is 0 Å². The lowest BCUT2D eigenvalue weighted by Gasteiger charge is -2.29. The Morgan fingerprint density at radius 1 is 1.44 bits per heavy atom. The molecule has 1 aliphatic heterocycles. The van der Waals surface area contributed by atoms with E-state index in [4.69, 9.17) is 0 Å². The highest BCUT2D eigenvalue weighted by atomic mass is 16.2. The number of rotatable bonds is 9. The number of nitrogens with zero attached hydrogens (tertiary/aromatic N) is 3. The van der Waals surface area contributed by atoms with Crippen LogP contribution in [-0.2, 0) is 4.79 Å². The summed E-state index contributed by atoms with van der Waals surface area (Å²) in [7, 11) is 3.70. The van der Waals surface area contributed by atoms with Gasteiger partial charge in [0.25, 0.3) is 5.91 Å². The molecule has 1 aromatic heterocycles. The van der Waals surface area contributed by atoms with Crippen molar-refractivity contribution >= 4 is 22.7 Å². The van der Waals surface area contributed by atoms with Gasteiger partial charge in [0.15, 0.2) is 5.69 Å². The highest BCUT2D eigenvalue weighted by molar-refractivity contribution is 6.04. The van der Waals surface area contributed by atoms with Gasteiger partial charge in [0, 0.05) is 32.1 Å². The standard InChI is InChI=1S/C25H33N5O2/c1-6-8-17(2)15-19(12-13-26-24(31)22-9-7-14-29(22)4)30(5)25(32)23-20-16-18(3)10-11-21(20)27-28-23/h6-8,10-11,14,16,19,22H,2,9,12-13,15H2,1,3-5H3,(H,26,31)(H,27,28)/b8-6-/t19-,22?/m1/s1. The summed E-state index contributed by atoms with van der Waals surface area (Å²) in [6, 6.07) is 5.61. The van der Waals surface area contributed by atoms with E-state index in [1.165, 1.54) is 0 Å². The van der Waals surface area contributed by atoms with Crippen LogP contribution in [-0.4, -0.2) is 64.5 Å². The van der Waals surface area contributed by atoms with E-state index >= 15 is 0 Å². The minimum absolute atomic E-state index is 0.00582. The van der Waals surface area contributed by atoms with Crippen LogP contribution in [0, 0.1) is 6.92 Å². The molecule has 1 aliphatic rings. The van der Waals surface area contributed by atoms with Crippen LogP contribution in [0.15, 0.2) is 54.8 Å². The second kappa shape index (κ2) is 10.3. The van der Waals surface area contributed by atoms with Gasteiger partial charge in [-0.25, -0.2) is 0 Å². The third-order valence-electron chi connectivity index (χ3n) is 5.96. The molecule has 0 spiro atoms. The first-order valence-electron chi connectivity index (χ1n) is 11.0. The second-order valence-corrected chi connectivity index (χ2v) is 8.43. The molecule has 0 radical (unpaired) electrons. The zero-order chi connectivity index (χ0) is 23.3. The molecule has 32 heavy (non-hydrogen) atoms. The van der Waals surface area contributed by atoms with Gasteiger partial charge in [0.1, 0.15) is 6.04 Å². The van der Waals surface area contributed by atoms with Crippen LogP contribution in [0.4, 0.5) is 0 Å². The van der Waals surface area contributed by atoms with Gasteiger partial charge in [-0.3, -0.25) is 14.7 Å². The Morgan fingerprint density at radius 2 is 2.22 bits per heavy atom. The molecule has 1 unspecified atom stereocenters. The Bertz CT molecular complexity index is 1050. The van der Waals surface area contributed by atoms with E-state index in [0.717, 1.165) is 22.0 Å². The number of aromatic nitrogens is 2. The predicted octanol–water partition coefficient (Wildman–Crippen LogP) is 3.56. The van der Waals surface area contributed by atoms with Crippen molar-refractivity contribution in [1.29, 1.82) is 0 Å². The fraction of sp³-hybridized carbons (Fsp3) is 0.400. The van der Waals surface area contributed by atoms with Crippen LogP contribution in [0.2, 0.25) is 0 Å². The molecule has 0 aliphatic carbocycles. The highest BCUT2D eigenvalue weighted by Crippen LogP contribution is 2.22. The maximum atomic E-state index is 13.4. The summed E-state index contributed by atoms with van der Waals surface area (Å²) in [4.78, 5) is 29.5. The molecule has 1 aromatic carbocycles. The number of aromatic amines is 1. The maximum absolute atomic E-state index is 13.4. The molecule has 0 bridgehead atoms. The molecule has 2 N–H and O–H groups in total. The van der Waals surface area contributed by atoms with Crippen LogP contribution >= 0.6 is 0 Å². The molecule has 0 saturated heterocycles. The number of carbonyl (C=O) groups excluding carboxylic acids is 2. The molecule has 2 aromatic rings. The molecule has 2 amide bonds. The molecular weight excluding hydrogens is 402 g/mol. The molecule has 2 atom stereocenters. The summed E-state index contributed by atoms with van der Waals surface area (Å²) in [5.41, 5.74) is 3.26. The number of amides is 2. The van der Waals surface area contributed by atoms with E-state index in [2.05, 4.69) is 22.1 Å². The third-order valence-corrected chi connectivity index (χ3v) is 5.96. The van der Waals surface area contributed by atoms with Gasteiger partial charge in [0.05, 0.1) is 5.52 Å². The molecule has 0 saturated carbocycles. The number of allylic oxidation sites excluding steroid dienone is 2. The summed E-state index contributed by atoms with van der Waals surface area (Å²) in [5, 5.41) is 11.1. The van der Waals surface area contributed by atoms with Crippen molar-refractivity contribution < 1.29 is 9.59 Å². The number of benzene rings is 1. The number of H-pyrrole nitrogens is 1. The summed E-state index contributed by atoms with van der Waals surface area (Å²) in [6.07, 6.45) is 9.78. The number of carbonyl (C=O) groups is 2. The van der Waals surface area contributed by atoms with Crippen LogP contribution < -0.4 is 5.32 Å². The third kappa shape index (κ3) is 5.28. The van der Waals surface area contributed by atoms with Crippen molar-refractivity contribution in [3.8, 4) is 0 Å². The number of hydrogen-bond donors (Lipinski definition) is 2. The Kier molecular flexibility index (Phi) is 7.51. The summed E-state index contributed by atoms with van der Waals surface area (Å²) >= 11 is 0. The fourth-order valence-electron chi connectivity index (χ4n) is 4.06. The van der Waals surface area contributed by atoms with E-state index in [9.17, 15) is 9.59 Å². The molecule has 0 fully saturated rings. The van der Waals surface area contributed by atoms with Gasteiger partial charge in [-0.2, -0.15) is 5.10 Å². The van der Waals surface area contributed by atoms with Gasteiger partial charge < -0.3 is 15.1 Å². The van der Waals surface area contributed by atoms with Crippen LogP contribution in [0.25, 0.3) is 10.9 Å². The van der Waals surface area contributed by atoms with Crippen LogP contribution in [0.5, 0.6) is 0 Å². The summed E-state index contributed by atoms with van der Waals surface area (Å²) in [6.45, 7) is 8.54. The van der Waals surface area contributed by atoms with E-state index in [-0.39, 0.29) is 23.9 Å². The van der Waals surface area contributed by atoms with E-state index < -0.39 is 0 Å². The molecular formula is C25H33N5O2. The Morgan fingerprint density at radius 3 is 2.91 bits per heavy atom. The molecule has 7 heteroatoms. The zero-order valence-corrected chi connectivity index (χ0v) is 19.4. The Balaban J connectivity index is 1.71. The van der Waals surface area contributed by atoms with Gasteiger partial charge in [-0.15, -0.1) is 0 Å². The normalized spacial score (nSPS) is 16.6. The number of fused-ring (bicyclic) bond motifs is 1. The lowest BCUT2D eigenvalue weighted by Crippen LogP contribution is -2.44. The average molecular weight is 436 g/mol. The number of nitrogens with one attached hydrogen (secondary N) is 2. The first-order valence-corrected chi connectivity index (χ1v) is 11.0. The van der Waals surface area contributed by atoms with Crippen molar-refractivity contribution in [2.75, 3.05) is 20.6 Å². The van der Waals surface area contributed by atoms with E-state index in [1.54, 1.807) is 11.9 Å². The first-order chi connectivity index (χ1) is 15.3. The summed E-state index contributed by atoms with van der Waals surface area (Å²) in [5.74, 6) is -0.141. The first kappa shape index (κ1) is 23.3. The molecule has 170 valence electrons. The minimum Gasteiger partial charge on any atom is -0.369 e. The topological polar surface area (TPSA) is 81.3 Å². The summed E-state index contributed by atoms with van der Waals surface area (Å²) < 4.78 is 0. The van der Waals surface area contributed by atoms with Gasteiger partial charge in [-0.05, 0) is 51.4 Å². The lowest BCUT2D eigenvalue weighted by atomic mass is 10.0. The van der Waals surface area contributed by atoms with Gasteiger partial charge >= 0.3 is 0 Å². The van der Waals surface area contributed by atoms with Crippen LogP contribution in [0.3, 0.4) is 0 Å². The monoisotopic (exact) mass is 435 g/mol. The predicted molar refractivity (Wildman–Crippen MR) is 128 cm³/mol. The van der Waals surface area contributed by atoms with E-state index in [1.807, 2.05) is 68.4 Å². The smallest absolute Gasteiger partial charge is 0.274 e. The second-order valence-electron chi connectivity index (χ2n) is 8.43. The number of aryl methyl sites for hydroxylation is 1. The maximum Gasteiger partial charge on any atom is 0.274 e. The minimum atomic E-state index is -0.163. The zero-order valence-electron chi connectivity index (χ0n) is 19.4. The van der Waals surface area contributed by atoms with Gasteiger partial charge in [-0.1, -0.05) is 42.0 Å². The fourth-order valence-corrected chi connectivity index (χ4v) is 4.06. The SMILES string of the molecule is C=C(/C=C\C)C[C@@H](CCNC(=O)C1CC=CN1C)N(C)C(=O)c1n[nH]c2ccc(C)cc12. The lowest BCUT2D eigenvalue weighted by molar-refractivity contribution is -0.124. The average Bonchev–Trinajstić information content (AvgIpc) is 3.37. The van der Waals surface area contributed by atoms with Gasteiger partial charge in [0.2, 0.25) is 5.91 Å². The van der Waals surface area contributed by atoms with Crippen molar-refractivity contribution in [2.45, 2.75) is 45.2 Å².